The number of hydrogen-bond acceptors (Lipinski definition) is 2. The van der Waals surface area contributed by atoms with Crippen LogP contribution in [0.25, 0.3) is 10.4 Å². The molecule has 82 valence electrons. The molecule has 0 N–H and O–H groups in total. The fourth-order valence-electron chi connectivity index (χ4n) is 1.13. The van der Waals surface area contributed by atoms with E-state index in [0.717, 1.165) is 12.1 Å². The van der Waals surface area contributed by atoms with Crippen LogP contribution in [0.15, 0.2) is 17.2 Å². The van der Waals surface area contributed by atoms with E-state index in [1.807, 2.05) is 0 Å². The zero-order valence-corrected chi connectivity index (χ0v) is 8.08. The molecule has 1 rings (SSSR count). The molecule has 1 aromatic carbocycles. The van der Waals surface area contributed by atoms with Crippen molar-refractivity contribution in [2.45, 2.75) is 13.1 Å². The summed E-state index contributed by atoms with van der Waals surface area (Å²) in [5.74, 6) is 0. The lowest BCUT2D eigenvalue weighted by Crippen LogP contribution is -2.05. The van der Waals surface area contributed by atoms with Crippen LogP contribution < -0.4 is 0 Å². The molecule has 16 heavy (non-hydrogen) atoms. The summed E-state index contributed by atoms with van der Waals surface area (Å²) in [5, 5.41) is 11.8. The van der Waals surface area contributed by atoms with E-state index in [4.69, 9.17) is 10.8 Å². The molecule has 0 bridgehead atoms. The van der Waals surface area contributed by atoms with Gasteiger partial charge in [0.15, 0.2) is 0 Å². The van der Waals surface area contributed by atoms with Crippen molar-refractivity contribution in [3.63, 3.8) is 0 Å². The highest BCUT2D eigenvalue weighted by Crippen LogP contribution is 2.34. The van der Waals surface area contributed by atoms with Gasteiger partial charge in [0.05, 0.1) is 17.2 Å². The molecule has 0 unspecified atom stereocenters. The number of rotatable bonds is 1. The lowest BCUT2D eigenvalue weighted by Gasteiger charge is -2.10. The highest BCUT2D eigenvalue weighted by molar-refractivity contribution is 5.56. The first-order valence-electron chi connectivity index (χ1n) is 4.07. The van der Waals surface area contributed by atoms with Gasteiger partial charge in [0.1, 0.15) is 0 Å². The van der Waals surface area contributed by atoms with Crippen LogP contribution in [0.1, 0.15) is 16.7 Å². The predicted molar refractivity (Wildman–Crippen MR) is 49.7 cm³/mol. The second-order valence-electron chi connectivity index (χ2n) is 2.97. The maximum Gasteiger partial charge on any atom is 0.416 e. The van der Waals surface area contributed by atoms with Crippen LogP contribution >= 0.6 is 0 Å². The molecule has 0 aliphatic rings. The Bertz CT molecular complexity index is 507. The Balaban J connectivity index is 3.54. The summed E-state index contributed by atoms with van der Waals surface area (Å²) in [7, 11) is 0. The van der Waals surface area contributed by atoms with Crippen molar-refractivity contribution in [3.8, 4) is 6.07 Å². The molecule has 0 atom stereocenters. The van der Waals surface area contributed by atoms with Crippen LogP contribution in [-0.4, -0.2) is 0 Å². The van der Waals surface area contributed by atoms with E-state index >= 15 is 0 Å². The van der Waals surface area contributed by atoms with Crippen molar-refractivity contribution >= 4 is 5.69 Å². The van der Waals surface area contributed by atoms with Gasteiger partial charge in [0, 0.05) is 10.6 Å². The number of nitriles is 1. The molecule has 0 aliphatic heterocycles. The summed E-state index contributed by atoms with van der Waals surface area (Å²) in [6.45, 7) is 1.42. The maximum absolute atomic E-state index is 12.4. The monoisotopic (exact) mass is 226 g/mol. The summed E-state index contributed by atoms with van der Waals surface area (Å²) in [5.41, 5.74) is 7.08. The number of azide groups is 1. The van der Waals surface area contributed by atoms with E-state index in [-0.39, 0.29) is 16.8 Å². The lowest BCUT2D eigenvalue weighted by atomic mass is 10.0. The SMILES string of the molecule is Cc1c(C#N)cc(C(F)(F)F)cc1N=[N+]=[N-]. The Labute approximate surface area is 88.5 Å². The van der Waals surface area contributed by atoms with Crippen molar-refractivity contribution in [2.75, 3.05) is 0 Å². The highest BCUT2D eigenvalue weighted by Gasteiger charge is 2.31. The summed E-state index contributed by atoms with van der Waals surface area (Å²) < 4.78 is 37.2. The largest absolute Gasteiger partial charge is 0.416 e. The Morgan fingerprint density at radius 1 is 1.44 bits per heavy atom. The van der Waals surface area contributed by atoms with E-state index in [1.165, 1.54) is 6.92 Å². The van der Waals surface area contributed by atoms with Gasteiger partial charge in [-0.3, -0.25) is 0 Å². The third kappa shape index (κ3) is 2.24. The molecule has 0 fully saturated rings. The van der Waals surface area contributed by atoms with Gasteiger partial charge < -0.3 is 0 Å². The van der Waals surface area contributed by atoms with Crippen molar-refractivity contribution in [1.29, 1.82) is 5.26 Å². The molecule has 7 heteroatoms. The van der Waals surface area contributed by atoms with Gasteiger partial charge in [-0.05, 0) is 30.2 Å². The van der Waals surface area contributed by atoms with Crippen LogP contribution in [0.3, 0.4) is 0 Å². The zero-order chi connectivity index (χ0) is 12.3. The molecule has 4 nitrogen and oxygen atoms in total. The smallest absolute Gasteiger partial charge is 0.192 e. The van der Waals surface area contributed by atoms with Crippen molar-refractivity contribution in [1.82, 2.24) is 0 Å². The molecule has 0 heterocycles. The van der Waals surface area contributed by atoms with Gasteiger partial charge in [0.25, 0.3) is 0 Å². The molecule has 0 spiro atoms. The van der Waals surface area contributed by atoms with Crippen LogP contribution in [0.4, 0.5) is 18.9 Å². The first kappa shape index (κ1) is 11.9. The predicted octanol–water partition coefficient (Wildman–Crippen LogP) is 3.83. The molecular formula is C9H5F3N4. The van der Waals surface area contributed by atoms with Gasteiger partial charge >= 0.3 is 6.18 Å². The second-order valence-corrected chi connectivity index (χ2v) is 2.97. The van der Waals surface area contributed by atoms with Crippen LogP contribution in [0.5, 0.6) is 0 Å². The molecule has 0 saturated carbocycles. The second kappa shape index (κ2) is 4.13. The molecule has 0 saturated heterocycles. The average molecular weight is 226 g/mol. The fourth-order valence-corrected chi connectivity index (χ4v) is 1.13. The highest BCUT2D eigenvalue weighted by atomic mass is 19.4. The van der Waals surface area contributed by atoms with Crippen molar-refractivity contribution in [3.05, 3.63) is 39.3 Å². The van der Waals surface area contributed by atoms with Crippen molar-refractivity contribution < 1.29 is 13.2 Å². The minimum Gasteiger partial charge on any atom is -0.192 e. The van der Waals surface area contributed by atoms with E-state index < -0.39 is 11.7 Å². The van der Waals surface area contributed by atoms with Crippen LogP contribution in [0.2, 0.25) is 0 Å². The van der Waals surface area contributed by atoms with E-state index in [2.05, 4.69) is 10.0 Å². The number of alkyl halides is 3. The fraction of sp³-hybridized carbons (Fsp3) is 0.222. The quantitative estimate of drug-likeness (QED) is 0.407. The summed E-state index contributed by atoms with van der Waals surface area (Å²) in [6, 6.07) is 3.07. The van der Waals surface area contributed by atoms with E-state index in [1.54, 1.807) is 6.07 Å². The first-order chi connectivity index (χ1) is 7.40. The standard InChI is InChI=1S/C9H5F3N4/c1-5-6(4-13)2-7(9(10,11)12)3-8(5)15-16-14/h2-3H,1H3. The van der Waals surface area contributed by atoms with Gasteiger partial charge in [-0.25, -0.2) is 0 Å². The minimum atomic E-state index is -4.57. The van der Waals surface area contributed by atoms with Gasteiger partial charge in [-0.15, -0.1) is 0 Å². The minimum absolute atomic E-state index is 0.155. The number of nitrogens with zero attached hydrogens (tertiary/aromatic N) is 4. The Kier molecular flexibility index (Phi) is 3.06. The maximum atomic E-state index is 12.4. The van der Waals surface area contributed by atoms with Crippen molar-refractivity contribution in [2.24, 2.45) is 5.11 Å². The van der Waals surface area contributed by atoms with Gasteiger partial charge in [-0.2, -0.15) is 18.4 Å². The van der Waals surface area contributed by atoms with E-state index in [9.17, 15) is 13.2 Å². The first-order valence-corrected chi connectivity index (χ1v) is 4.07. The third-order valence-corrected chi connectivity index (χ3v) is 1.98. The topological polar surface area (TPSA) is 72.5 Å². The van der Waals surface area contributed by atoms with E-state index in [0.29, 0.717) is 0 Å². The van der Waals surface area contributed by atoms with Crippen LogP contribution in [0, 0.1) is 18.3 Å². The molecule has 0 aromatic heterocycles. The molecular weight excluding hydrogens is 221 g/mol. The normalized spacial score (nSPS) is 10.4. The number of halogens is 3. The summed E-state index contributed by atoms with van der Waals surface area (Å²) in [4.78, 5) is 2.41. The molecule has 0 aliphatic carbocycles. The Morgan fingerprint density at radius 2 is 2.06 bits per heavy atom. The molecule has 0 amide bonds. The lowest BCUT2D eigenvalue weighted by molar-refractivity contribution is -0.137. The zero-order valence-electron chi connectivity index (χ0n) is 8.08. The van der Waals surface area contributed by atoms with Gasteiger partial charge in [-0.1, -0.05) is 5.11 Å². The van der Waals surface area contributed by atoms with Crippen LogP contribution in [-0.2, 0) is 6.18 Å². The van der Waals surface area contributed by atoms with Gasteiger partial charge in [0.2, 0.25) is 0 Å². The summed E-state index contributed by atoms with van der Waals surface area (Å²) in [6.07, 6.45) is -4.57. The average Bonchev–Trinajstić information content (AvgIpc) is 2.19. The molecule has 0 radical (unpaired) electrons. The Morgan fingerprint density at radius 3 is 2.50 bits per heavy atom. The number of hydrogen-bond donors (Lipinski definition) is 0. The summed E-state index contributed by atoms with van der Waals surface area (Å²) >= 11 is 0. The third-order valence-electron chi connectivity index (χ3n) is 1.98. The Hall–Kier alpha value is -2.19. The number of benzene rings is 1. The molecule has 1 aromatic rings.